The summed E-state index contributed by atoms with van der Waals surface area (Å²) in [6.45, 7) is 5.63. The molecule has 0 unspecified atom stereocenters. The molecule has 7 heteroatoms. The maximum Gasteiger partial charge on any atom is 0.246 e. The third-order valence-electron chi connectivity index (χ3n) is 5.77. The van der Waals surface area contributed by atoms with Gasteiger partial charge in [0.2, 0.25) is 15.9 Å². The van der Waals surface area contributed by atoms with Crippen molar-refractivity contribution in [2.24, 2.45) is 0 Å². The van der Waals surface area contributed by atoms with Gasteiger partial charge in [-0.2, -0.15) is 4.31 Å². The third-order valence-corrected chi connectivity index (χ3v) is 7.69. The van der Waals surface area contributed by atoms with Crippen LogP contribution < -0.4 is 0 Å². The predicted octanol–water partition coefficient (Wildman–Crippen LogP) is 2.99. The van der Waals surface area contributed by atoms with Gasteiger partial charge in [-0.15, -0.1) is 0 Å². The number of carbonyl (C=O) groups excluding carboxylic acids is 1. The molecule has 6 nitrogen and oxygen atoms in total. The normalized spacial score (nSPS) is 18.5. The molecule has 2 aromatic rings. The van der Waals surface area contributed by atoms with Crippen LogP contribution in [0.15, 0.2) is 47.4 Å². The van der Waals surface area contributed by atoms with E-state index in [0.29, 0.717) is 37.1 Å². The molecular weight excluding hydrogens is 386 g/mol. The van der Waals surface area contributed by atoms with Crippen LogP contribution in [-0.4, -0.2) is 54.3 Å². The number of piperazine rings is 1. The molecule has 1 saturated carbocycles. The highest BCUT2D eigenvalue weighted by Crippen LogP contribution is 2.38. The predicted molar refractivity (Wildman–Crippen MR) is 113 cm³/mol. The van der Waals surface area contributed by atoms with E-state index >= 15 is 0 Å². The Labute approximate surface area is 172 Å². The number of benzene rings is 1. The van der Waals surface area contributed by atoms with E-state index in [9.17, 15) is 13.2 Å². The molecule has 0 atom stereocenters. The van der Waals surface area contributed by atoms with Gasteiger partial charge >= 0.3 is 0 Å². The fourth-order valence-electron chi connectivity index (χ4n) is 4.02. The van der Waals surface area contributed by atoms with Gasteiger partial charge in [0, 0.05) is 49.7 Å². The average molecular weight is 414 g/mol. The Hall–Kier alpha value is -2.38. The number of aromatic nitrogens is 1. The number of sulfonamides is 1. The van der Waals surface area contributed by atoms with E-state index in [1.54, 1.807) is 41.3 Å². The maximum absolute atomic E-state index is 12.7. The smallest absolute Gasteiger partial charge is 0.246 e. The SMILES string of the molecule is Cc1cc(/C=C/C(=O)N2CCN(S(=O)(=O)c3ccccc3)CC2)c(C)n1C1CC1. The molecule has 1 saturated heterocycles. The molecule has 0 bridgehead atoms. The van der Waals surface area contributed by atoms with Gasteiger partial charge in [-0.25, -0.2) is 8.42 Å². The van der Waals surface area contributed by atoms with Crippen molar-refractivity contribution in [1.82, 2.24) is 13.8 Å². The fourth-order valence-corrected chi connectivity index (χ4v) is 5.47. The minimum Gasteiger partial charge on any atom is -0.346 e. The van der Waals surface area contributed by atoms with Gasteiger partial charge in [0.25, 0.3) is 0 Å². The Morgan fingerprint density at radius 1 is 1.03 bits per heavy atom. The van der Waals surface area contributed by atoms with Crippen molar-refractivity contribution in [3.8, 4) is 0 Å². The highest BCUT2D eigenvalue weighted by molar-refractivity contribution is 7.89. The highest BCUT2D eigenvalue weighted by Gasteiger charge is 2.29. The molecule has 0 radical (unpaired) electrons. The number of amides is 1. The van der Waals surface area contributed by atoms with Crippen molar-refractivity contribution < 1.29 is 13.2 Å². The Bertz CT molecular complexity index is 1030. The molecular formula is C22H27N3O3S. The summed E-state index contributed by atoms with van der Waals surface area (Å²) in [6, 6.07) is 11.2. The van der Waals surface area contributed by atoms with Crippen molar-refractivity contribution in [2.75, 3.05) is 26.2 Å². The summed E-state index contributed by atoms with van der Waals surface area (Å²) < 4.78 is 29.2. The van der Waals surface area contributed by atoms with E-state index in [0.717, 1.165) is 5.56 Å². The van der Waals surface area contributed by atoms with Crippen LogP contribution in [0.4, 0.5) is 0 Å². The molecule has 1 aromatic carbocycles. The number of hydrogen-bond donors (Lipinski definition) is 0. The van der Waals surface area contributed by atoms with Gasteiger partial charge in [0.15, 0.2) is 0 Å². The Morgan fingerprint density at radius 2 is 1.69 bits per heavy atom. The molecule has 1 aliphatic carbocycles. The number of nitrogens with zero attached hydrogens (tertiary/aromatic N) is 3. The van der Waals surface area contributed by atoms with Crippen LogP contribution in [0.3, 0.4) is 0 Å². The summed E-state index contributed by atoms with van der Waals surface area (Å²) in [5, 5.41) is 0. The first-order valence-electron chi connectivity index (χ1n) is 10.1. The van der Waals surface area contributed by atoms with Crippen LogP contribution in [0.25, 0.3) is 6.08 Å². The largest absolute Gasteiger partial charge is 0.346 e. The molecule has 4 rings (SSSR count). The molecule has 29 heavy (non-hydrogen) atoms. The van der Waals surface area contributed by atoms with Crippen LogP contribution in [0, 0.1) is 13.8 Å². The number of aryl methyl sites for hydroxylation is 1. The average Bonchev–Trinajstić information content (AvgIpc) is 3.52. The van der Waals surface area contributed by atoms with Crippen molar-refractivity contribution in [3.63, 3.8) is 0 Å². The van der Waals surface area contributed by atoms with E-state index in [-0.39, 0.29) is 5.91 Å². The zero-order valence-corrected chi connectivity index (χ0v) is 17.7. The van der Waals surface area contributed by atoms with Gasteiger partial charge < -0.3 is 9.47 Å². The number of rotatable bonds is 5. The lowest BCUT2D eigenvalue weighted by atomic mass is 10.2. The molecule has 1 aliphatic heterocycles. The lowest BCUT2D eigenvalue weighted by molar-refractivity contribution is -0.127. The van der Waals surface area contributed by atoms with Gasteiger partial charge in [-0.05, 0) is 56.5 Å². The molecule has 0 spiro atoms. The van der Waals surface area contributed by atoms with Crippen molar-refractivity contribution in [1.29, 1.82) is 0 Å². The molecule has 0 N–H and O–H groups in total. The topological polar surface area (TPSA) is 62.6 Å². The lowest BCUT2D eigenvalue weighted by Gasteiger charge is -2.33. The second kappa shape index (κ2) is 7.80. The Morgan fingerprint density at radius 3 is 2.31 bits per heavy atom. The summed E-state index contributed by atoms with van der Waals surface area (Å²) in [4.78, 5) is 14.6. The summed E-state index contributed by atoms with van der Waals surface area (Å²) in [6.07, 6.45) is 5.96. The van der Waals surface area contributed by atoms with Gasteiger partial charge in [0.1, 0.15) is 0 Å². The molecule has 1 aromatic heterocycles. The number of carbonyl (C=O) groups is 1. The van der Waals surface area contributed by atoms with E-state index in [4.69, 9.17) is 0 Å². The zero-order valence-electron chi connectivity index (χ0n) is 16.9. The van der Waals surface area contributed by atoms with Crippen LogP contribution >= 0.6 is 0 Å². The second-order valence-corrected chi connectivity index (χ2v) is 9.74. The first-order valence-corrected chi connectivity index (χ1v) is 11.5. The Balaban J connectivity index is 1.38. The summed E-state index contributed by atoms with van der Waals surface area (Å²) >= 11 is 0. The first-order chi connectivity index (χ1) is 13.9. The summed E-state index contributed by atoms with van der Waals surface area (Å²) in [7, 11) is -3.50. The van der Waals surface area contributed by atoms with E-state index in [1.165, 1.54) is 28.5 Å². The van der Waals surface area contributed by atoms with Crippen LogP contribution in [0.1, 0.15) is 35.8 Å². The third kappa shape index (κ3) is 4.02. The minimum absolute atomic E-state index is 0.0713. The van der Waals surface area contributed by atoms with Crippen LogP contribution in [0.2, 0.25) is 0 Å². The lowest BCUT2D eigenvalue weighted by Crippen LogP contribution is -2.50. The maximum atomic E-state index is 12.7. The van der Waals surface area contributed by atoms with Gasteiger partial charge in [-0.3, -0.25) is 4.79 Å². The summed E-state index contributed by atoms with van der Waals surface area (Å²) in [5.41, 5.74) is 3.51. The second-order valence-electron chi connectivity index (χ2n) is 7.80. The Kier molecular flexibility index (Phi) is 5.36. The molecule has 2 fully saturated rings. The molecule has 1 amide bonds. The highest BCUT2D eigenvalue weighted by atomic mass is 32.2. The quantitative estimate of drug-likeness (QED) is 0.708. The minimum atomic E-state index is -3.50. The van der Waals surface area contributed by atoms with Gasteiger partial charge in [-0.1, -0.05) is 18.2 Å². The van der Waals surface area contributed by atoms with Gasteiger partial charge in [0.05, 0.1) is 4.90 Å². The van der Waals surface area contributed by atoms with Crippen molar-refractivity contribution >= 4 is 22.0 Å². The van der Waals surface area contributed by atoms with Crippen molar-refractivity contribution in [3.05, 3.63) is 59.4 Å². The standard InChI is InChI=1S/C22H27N3O3S/c1-17-16-19(18(2)25(17)20-9-10-20)8-11-22(26)23-12-14-24(15-13-23)29(27,28)21-6-4-3-5-7-21/h3-8,11,16,20H,9-10,12-15H2,1-2H3/b11-8+. The molecule has 2 heterocycles. The zero-order chi connectivity index (χ0) is 20.6. The van der Waals surface area contributed by atoms with E-state index in [1.807, 2.05) is 6.08 Å². The fraction of sp³-hybridized carbons (Fsp3) is 0.409. The molecule has 2 aliphatic rings. The van der Waals surface area contributed by atoms with E-state index in [2.05, 4.69) is 24.5 Å². The molecule has 154 valence electrons. The summed E-state index contributed by atoms with van der Waals surface area (Å²) in [5.74, 6) is -0.0713. The van der Waals surface area contributed by atoms with E-state index < -0.39 is 10.0 Å². The monoisotopic (exact) mass is 413 g/mol. The number of hydrogen-bond acceptors (Lipinski definition) is 3. The van der Waals surface area contributed by atoms with Crippen LogP contribution in [-0.2, 0) is 14.8 Å². The first kappa shape index (κ1) is 19.9. The van der Waals surface area contributed by atoms with Crippen molar-refractivity contribution in [2.45, 2.75) is 37.6 Å². The van der Waals surface area contributed by atoms with Crippen LogP contribution in [0.5, 0.6) is 0 Å².